The molecule has 2 saturated heterocycles. The summed E-state index contributed by atoms with van der Waals surface area (Å²) in [7, 11) is 0. The highest BCUT2D eigenvalue weighted by molar-refractivity contribution is 5.66. The van der Waals surface area contributed by atoms with Gasteiger partial charge in [-0.25, -0.2) is 4.79 Å². The van der Waals surface area contributed by atoms with Gasteiger partial charge < -0.3 is 29.2 Å². The van der Waals surface area contributed by atoms with Gasteiger partial charge in [0.1, 0.15) is 12.2 Å². The van der Waals surface area contributed by atoms with Gasteiger partial charge >= 0.3 is 6.16 Å². The maximum absolute atomic E-state index is 13.8. The van der Waals surface area contributed by atoms with Crippen molar-refractivity contribution in [3.8, 4) is 23.0 Å². The van der Waals surface area contributed by atoms with Crippen LogP contribution >= 0.6 is 0 Å². The minimum atomic E-state index is -0.787. The number of nitrogens with zero attached hydrogens (tertiary/aromatic N) is 2. The first-order valence-electron chi connectivity index (χ1n) is 17.4. The van der Waals surface area contributed by atoms with Gasteiger partial charge in [-0.2, -0.15) is 0 Å². The van der Waals surface area contributed by atoms with Crippen molar-refractivity contribution in [1.82, 2.24) is 9.80 Å². The second kappa shape index (κ2) is 9.92. The average molecular weight is 649 g/mol. The number of hydrogen-bond acceptors (Lipinski definition) is 9. The number of phenolic OH excluding ortho intramolecular Hbond substituents is 2. The zero-order valence-corrected chi connectivity index (χ0v) is 26.8. The average Bonchev–Trinajstić information content (AvgIpc) is 3.62. The van der Waals surface area contributed by atoms with Gasteiger partial charge in [-0.05, 0) is 74.2 Å². The summed E-state index contributed by atoms with van der Waals surface area (Å²) in [5.74, 6) is 1.59. The lowest BCUT2D eigenvalue weighted by molar-refractivity contribution is -0.0891. The fourth-order valence-electron chi connectivity index (χ4n) is 11.5. The molecule has 0 radical (unpaired) electrons. The first-order chi connectivity index (χ1) is 23.4. The molecule has 4 heterocycles. The Bertz CT molecular complexity index is 1710. The summed E-state index contributed by atoms with van der Waals surface area (Å²) in [6.07, 6.45) is 12.4. The summed E-state index contributed by atoms with van der Waals surface area (Å²) in [4.78, 5) is 18.8. The van der Waals surface area contributed by atoms with Crippen LogP contribution in [0.25, 0.3) is 0 Å². The van der Waals surface area contributed by atoms with Gasteiger partial charge in [-0.3, -0.25) is 9.80 Å². The molecule has 9 heteroatoms. The van der Waals surface area contributed by atoms with Crippen LogP contribution in [0.1, 0.15) is 35.1 Å². The molecule has 0 saturated carbocycles. The Hall–Kier alpha value is -4.21. The van der Waals surface area contributed by atoms with Gasteiger partial charge in [0.2, 0.25) is 0 Å². The van der Waals surface area contributed by atoms with Crippen molar-refractivity contribution in [1.29, 1.82) is 0 Å². The van der Waals surface area contributed by atoms with Crippen molar-refractivity contribution >= 4 is 6.16 Å². The van der Waals surface area contributed by atoms with E-state index in [0.29, 0.717) is 11.5 Å². The zero-order valence-electron chi connectivity index (χ0n) is 26.8. The number of piperidine rings is 2. The molecule has 2 fully saturated rings. The summed E-state index contributed by atoms with van der Waals surface area (Å²) in [5, 5.41) is 21.8. The number of likely N-dealkylation sites (tertiary alicyclic amines) is 2. The van der Waals surface area contributed by atoms with E-state index in [-0.39, 0.29) is 35.4 Å². The van der Waals surface area contributed by atoms with Crippen LogP contribution < -0.4 is 9.47 Å². The highest BCUT2D eigenvalue weighted by Crippen LogP contribution is 2.64. The van der Waals surface area contributed by atoms with E-state index in [1.165, 1.54) is 11.1 Å². The van der Waals surface area contributed by atoms with Crippen LogP contribution in [0.3, 0.4) is 0 Å². The lowest BCUT2D eigenvalue weighted by Crippen LogP contribution is -2.66. The minimum Gasteiger partial charge on any atom is -0.504 e. The van der Waals surface area contributed by atoms with Gasteiger partial charge in [0.05, 0.1) is 0 Å². The molecule has 4 bridgehead atoms. The Morgan fingerprint density at radius 1 is 0.771 bits per heavy atom. The van der Waals surface area contributed by atoms with Crippen molar-refractivity contribution in [3.05, 3.63) is 96.1 Å². The molecule has 4 aliphatic heterocycles. The molecule has 4 aliphatic carbocycles. The summed E-state index contributed by atoms with van der Waals surface area (Å²) in [6, 6.07) is 8.00. The molecule has 0 amide bonds. The fraction of sp³-hybridized carbons (Fsp3) is 0.462. The first-order valence-corrected chi connectivity index (χ1v) is 17.4. The monoisotopic (exact) mass is 648 g/mol. The third kappa shape index (κ3) is 3.46. The number of benzene rings is 2. The molecule has 10 atom stereocenters. The molecule has 248 valence electrons. The fourth-order valence-corrected chi connectivity index (χ4v) is 11.5. The van der Waals surface area contributed by atoms with E-state index in [1.807, 2.05) is 36.4 Å². The summed E-state index contributed by atoms with van der Waals surface area (Å²) < 4.78 is 25.5. The van der Waals surface area contributed by atoms with Gasteiger partial charge in [0, 0.05) is 59.0 Å². The van der Waals surface area contributed by atoms with Crippen molar-refractivity contribution < 1.29 is 34.0 Å². The Labute approximate surface area is 279 Å². The molecule has 0 aromatic heterocycles. The van der Waals surface area contributed by atoms with E-state index < -0.39 is 41.4 Å². The minimum absolute atomic E-state index is 0.122. The van der Waals surface area contributed by atoms with Crippen molar-refractivity contribution in [2.45, 2.75) is 73.0 Å². The molecule has 9 nitrogen and oxygen atoms in total. The molecule has 48 heavy (non-hydrogen) atoms. The largest absolute Gasteiger partial charge is 0.509 e. The van der Waals surface area contributed by atoms with E-state index in [1.54, 1.807) is 12.1 Å². The summed E-state index contributed by atoms with van der Waals surface area (Å²) >= 11 is 0. The van der Waals surface area contributed by atoms with Crippen LogP contribution in [0.5, 0.6) is 23.0 Å². The SMILES string of the molecule is C=CCN1CC[C@]23c4c5ccc(O)c4O[C@H]2[C@@H](OC(=O)O[C@H]2C=C[C@H]4[C@H]6Cc7ccc(O)c8c7[C@@]4(CCN6CC=C)[C@H]2O8)C=C[C@H]3C1C5. The molecule has 2 spiro atoms. The van der Waals surface area contributed by atoms with E-state index in [2.05, 4.69) is 35.1 Å². The molecule has 2 aromatic carbocycles. The van der Waals surface area contributed by atoms with Crippen LogP contribution in [0.4, 0.5) is 4.79 Å². The normalized spacial score (nSPS) is 38.7. The van der Waals surface area contributed by atoms with Gasteiger partial charge in [0.15, 0.2) is 35.2 Å². The molecule has 2 N–H and O–H groups in total. The molecule has 2 aromatic rings. The van der Waals surface area contributed by atoms with E-state index in [9.17, 15) is 15.0 Å². The maximum Gasteiger partial charge on any atom is 0.509 e. The molecular weight excluding hydrogens is 608 g/mol. The number of hydrogen-bond donors (Lipinski definition) is 2. The van der Waals surface area contributed by atoms with Crippen LogP contribution in [0, 0.1) is 11.8 Å². The Kier molecular flexibility index (Phi) is 5.95. The number of ether oxygens (including phenoxy) is 4. The number of phenols is 2. The number of aromatic hydroxyl groups is 2. The van der Waals surface area contributed by atoms with Crippen molar-refractivity contribution in [2.75, 3.05) is 26.2 Å². The summed E-state index contributed by atoms with van der Waals surface area (Å²) in [6.45, 7) is 11.3. The lowest BCUT2D eigenvalue weighted by atomic mass is 9.53. The molecule has 8 aliphatic rings. The van der Waals surface area contributed by atoms with Crippen LogP contribution in [0.2, 0.25) is 0 Å². The molecular formula is C39H40N2O7. The standard InChI is InChI=1S/C39H40N2O7/c1-3-15-40-17-13-38-23-7-11-29(35(38)47-33-27(42)9-5-21(31(33)38)19-25(23)40)45-37(44)46-30-12-8-24-26-20-22-6-10-28(43)34-32(22)39(24,36(30)48-34)14-18-41(26)16-4-2/h3-12,23-26,29-30,35-36,42-43H,1-2,13-20H2/t23-,24-,25+,26?,29-,30-,35-,36-,38-,39-/m0/s1. The zero-order chi connectivity index (χ0) is 32.5. The maximum atomic E-state index is 13.8. The van der Waals surface area contributed by atoms with E-state index in [0.717, 1.165) is 63.0 Å². The van der Waals surface area contributed by atoms with Crippen molar-refractivity contribution in [3.63, 3.8) is 0 Å². The Morgan fingerprint density at radius 2 is 1.23 bits per heavy atom. The lowest BCUT2D eigenvalue weighted by Gasteiger charge is -2.57. The van der Waals surface area contributed by atoms with Gasteiger partial charge in [0.25, 0.3) is 0 Å². The van der Waals surface area contributed by atoms with Crippen LogP contribution in [0.15, 0.2) is 73.9 Å². The van der Waals surface area contributed by atoms with Crippen LogP contribution in [-0.4, -0.2) is 88.8 Å². The second-order valence-corrected chi connectivity index (χ2v) is 14.9. The predicted molar refractivity (Wildman–Crippen MR) is 177 cm³/mol. The topological polar surface area (TPSA) is 101 Å². The number of carbonyl (C=O) groups is 1. The Balaban J connectivity index is 0.960. The number of rotatable bonds is 6. The Morgan fingerprint density at radius 3 is 1.67 bits per heavy atom. The summed E-state index contributed by atoms with van der Waals surface area (Å²) in [5.41, 5.74) is 3.68. The number of carbonyl (C=O) groups excluding carboxylic acids is 1. The smallest absolute Gasteiger partial charge is 0.504 e. The molecule has 10 rings (SSSR count). The third-order valence-corrected chi connectivity index (χ3v) is 13.1. The third-order valence-electron chi connectivity index (χ3n) is 13.1. The first kappa shape index (κ1) is 28.8. The second-order valence-electron chi connectivity index (χ2n) is 14.9. The van der Waals surface area contributed by atoms with Gasteiger partial charge in [-0.1, -0.05) is 36.4 Å². The van der Waals surface area contributed by atoms with Crippen LogP contribution in [-0.2, 0) is 33.1 Å². The van der Waals surface area contributed by atoms with Crippen molar-refractivity contribution in [2.24, 2.45) is 11.8 Å². The van der Waals surface area contributed by atoms with E-state index >= 15 is 0 Å². The van der Waals surface area contributed by atoms with E-state index in [4.69, 9.17) is 18.9 Å². The van der Waals surface area contributed by atoms with Gasteiger partial charge in [-0.15, -0.1) is 13.2 Å². The quantitative estimate of drug-likeness (QED) is 0.342. The highest BCUT2D eigenvalue weighted by Gasteiger charge is 2.67. The molecule has 1 unspecified atom stereocenters. The predicted octanol–water partition coefficient (Wildman–Crippen LogP) is 4.69. The highest BCUT2D eigenvalue weighted by atomic mass is 16.7.